The maximum atomic E-state index is 3.48. The fraction of sp³-hybridized carbons (Fsp3) is 0.444. The molecule has 0 radical (unpaired) electrons. The van der Waals surface area contributed by atoms with Gasteiger partial charge in [-0.2, -0.15) is 0 Å². The summed E-state index contributed by atoms with van der Waals surface area (Å²) in [7, 11) is 0. The van der Waals surface area contributed by atoms with Gasteiger partial charge >= 0.3 is 0 Å². The van der Waals surface area contributed by atoms with Crippen molar-refractivity contribution >= 4 is 11.3 Å². The Bertz CT molecular complexity index is 519. The van der Waals surface area contributed by atoms with Crippen LogP contribution in [0.15, 0.2) is 42.5 Å². The number of nitrogens with zero attached hydrogens (tertiary/aromatic N) is 1. The van der Waals surface area contributed by atoms with Crippen molar-refractivity contribution in [1.82, 2.24) is 10.2 Å². The molecule has 2 aromatic rings. The number of benzene rings is 1. The third-order valence-corrected chi connectivity index (χ3v) is 4.55. The highest BCUT2D eigenvalue weighted by molar-refractivity contribution is 7.11. The van der Waals surface area contributed by atoms with Gasteiger partial charge in [0.25, 0.3) is 0 Å². The fourth-order valence-electron chi connectivity index (χ4n) is 2.25. The van der Waals surface area contributed by atoms with Crippen LogP contribution in [0.25, 0.3) is 0 Å². The molecule has 2 nitrogen and oxygen atoms in total. The van der Waals surface area contributed by atoms with Gasteiger partial charge in [-0.3, -0.25) is 4.90 Å². The maximum Gasteiger partial charge on any atom is 0.0331 e. The second-order valence-corrected chi connectivity index (χ2v) is 6.95. The van der Waals surface area contributed by atoms with Gasteiger partial charge in [-0.05, 0) is 24.2 Å². The van der Waals surface area contributed by atoms with Crippen LogP contribution in [0, 0.1) is 0 Å². The van der Waals surface area contributed by atoms with Gasteiger partial charge in [-0.1, -0.05) is 51.1 Å². The zero-order valence-corrected chi connectivity index (χ0v) is 14.1. The average molecular weight is 302 g/mol. The van der Waals surface area contributed by atoms with Gasteiger partial charge in [0.1, 0.15) is 0 Å². The van der Waals surface area contributed by atoms with E-state index < -0.39 is 0 Å². The molecular weight excluding hydrogens is 276 g/mol. The lowest BCUT2D eigenvalue weighted by Gasteiger charge is -2.19. The Kier molecular flexibility index (Phi) is 6.43. The number of hydrogen-bond donors (Lipinski definition) is 1. The van der Waals surface area contributed by atoms with E-state index in [0.29, 0.717) is 6.04 Å². The molecule has 0 aliphatic carbocycles. The predicted octanol–water partition coefficient (Wildman–Crippen LogP) is 4.27. The molecule has 21 heavy (non-hydrogen) atoms. The first-order chi connectivity index (χ1) is 10.2. The first kappa shape index (κ1) is 16.2. The van der Waals surface area contributed by atoms with Crippen molar-refractivity contribution < 1.29 is 0 Å². The molecule has 0 unspecified atom stereocenters. The molecule has 0 aliphatic heterocycles. The lowest BCUT2D eigenvalue weighted by atomic mass is 10.2. The van der Waals surface area contributed by atoms with Gasteiger partial charge < -0.3 is 5.32 Å². The lowest BCUT2D eigenvalue weighted by molar-refractivity contribution is 0.274. The summed E-state index contributed by atoms with van der Waals surface area (Å²) in [6.45, 7) is 10.7. The normalized spacial score (nSPS) is 11.5. The second-order valence-electron chi connectivity index (χ2n) is 5.69. The summed E-state index contributed by atoms with van der Waals surface area (Å²) in [5.41, 5.74) is 1.39. The van der Waals surface area contributed by atoms with Crippen molar-refractivity contribution in [1.29, 1.82) is 0 Å². The van der Waals surface area contributed by atoms with Crippen LogP contribution in [0.3, 0.4) is 0 Å². The topological polar surface area (TPSA) is 15.3 Å². The molecular formula is C18H26N2S. The molecule has 0 saturated heterocycles. The summed E-state index contributed by atoms with van der Waals surface area (Å²) in [4.78, 5) is 5.36. The molecule has 0 fully saturated rings. The number of nitrogens with one attached hydrogen (secondary N) is 1. The van der Waals surface area contributed by atoms with E-state index in [-0.39, 0.29) is 0 Å². The monoisotopic (exact) mass is 302 g/mol. The molecule has 0 spiro atoms. The van der Waals surface area contributed by atoms with Gasteiger partial charge in [0.15, 0.2) is 0 Å². The van der Waals surface area contributed by atoms with E-state index in [0.717, 1.165) is 26.2 Å². The Hall–Kier alpha value is -1.16. The van der Waals surface area contributed by atoms with Crippen LogP contribution in [0.4, 0.5) is 0 Å². The van der Waals surface area contributed by atoms with E-state index in [1.165, 1.54) is 15.3 Å². The van der Waals surface area contributed by atoms with E-state index in [9.17, 15) is 0 Å². The third-order valence-electron chi connectivity index (χ3n) is 3.48. The lowest BCUT2D eigenvalue weighted by Crippen LogP contribution is -2.22. The summed E-state index contributed by atoms with van der Waals surface area (Å²) >= 11 is 1.92. The van der Waals surface area contributed by atoms with Crippen LogP contribution in [0.2, 0.25) is 0 Å². The van der Waals surface area contributed by atoms with E-state index in [4.69, 9.17) is 0 Å². The largest absolute Gasteiger partial charge is 0.310 e. The average Bonchev–Trinajstić information content (AvgIpc) is 2.93. The SMILES string of the molecule is CCN(Cc1ccccc1)Cc1ccc(CNC(C)C)s1. The van der Waals surface area contributed by atoms with Crippen LogP contribution in [0.1, 0.15) is 36.1 Å². The first-order valence-electron chi connectivity index (χ1n) is 7.74. The van der Waals surface area contributed by atoms with Gasteiger partial charge in [0, 0.05) is 35.4 Å². The Balaban J connectivity index is 1.89. The van der Waals surface area contributed by atoms with Crippen LogP contribution >= 0.6 is 11.3 Å². The molecule has 114 valence electrons. The van der Waals surface area contributed by atoms with Crippen molar-refractivity contribution in [2.45, 2.75) is 46.4 Å². The molecule has 1 aromatic heterocycles. The third kappa shape index (κ3) is 5.62. The Morgan fingerprint density at radius 2 is 1.71 bits per heavy atom. The first-order valence-corrected chi connectivity index (χ1v) is 8.56. The van der Waals surface area contributed by atoms with Gasteiger partial charge in [0.05, 0.1) is 0 Å². The van der Waals surface area contributed by atoms with Crippen molar-refractivity contribution in [3.05, 3.63) is 57.8 Å². The van der Waals surface area contributed by atoms with Crippen molar-refractivity contribution in [2.24, 2.45) is 0 Å². The zero-order valence-electron chi connectivity index (χ0n) is 13.3. The molecule has 3 heteroatoms. The summed E-state index contributed by atoms with van der Waals surface area (Å²) in [6, 6.07) is 15.8. The second kappa shape index (κ2) is 8.32. The smallest absolute Gasteiger partial charge is 0.0331 e. The number of rotatable bonds is 8. The van der Waals surface area contributed by atoms with E-state index >= 15 is 0 Å². The Morgan fingerprint density at radius 1 is 1.00 bits per heavy atom. The molecule has 0 aliphatic rings. The van der Waals surface area contributed by atoms with Gasteiger partial charge in [-0.15, -0.1) is 11.3 Å². The minimum atomic E-state index is 0.542. The quantitative estimate of drug-likeness (QED) is 0.783. The number of hydrogen-bond acceptors (Lipinski definition) is 3. The molecule has 0 bridgehead atoms. The molecule has 1 aromatic carbocycles. The van der Waals surface area contributed by atoms with Gasteiger partial charge in [-0.25, -0.2) is 0 Å². The van der Waals surface area contributed by atoms with E-state index in [1.54, 1.807) is 0 Å². The zero-order chi connectivity index (χ0) is 15.1. The van der Waals surface area contributed by atoms with Gasteiger partial charge in [0.2, 0.25) is 0 Å². The number of thiophene rings is 1. The van der Waals surface area contributed by atoms with Crippen LogP contribution in [-0.4, -0.2) is 17.5 Å². The summed E-state index contributed by atoms with van der Waals surface area (Å²) in [6.07, 6.45) is 0. The minimum Gasteiger partial charge on any atom is -0.310 e. The highest BCUT2D eigenvalue weighted by atomic mass is 32.1. The molecule has 1 heterocycles. The molecule has 1 N–H and O–H groups in total. The Morgan fingerprint density at radius 3 is 2.38 bits per heavy atom. The predicted molar refractivity (Wildman–Crippen MR) is 92.5 cm³/mol. The van der Waals surface area contributed by atoms with Crippen LogP contribution in [0.5, 0.6) is 0 Å². The summed E-state index contributed by atoms with van der Waals surface area (Å²) < 4.78 is 0. The van der Waals surface area contributed by atoms with Crippen molar-refractivity contribution in [3.8, 4) is 0 Å². The fourth-order valence-corrected chi connectivity index (χ4v) is 3.26. The van der Waals surface area contributed by atoms with Crippen LogP contribution < -0.4 is 5.32 Å². The maximum absolute atomic E-state index is 3.48. The Labute approximate surface area is 132 Å². The highest BCUT2D eigenvalue weighted by Crippen LogP contribution is 2.19. The highest BCUT2D eigenvalue weighted by Gasteiger charge is 2.07. The molecule has 0 amide bonds. The molecule has 0 saturated carbocycles. The van der Waals surface area contributed by atoms with E-state index in [1.807, 2.05) is 11.3 Å². The van der Waals surface area contributed by atoms with Crippen molar-refractivity contribution in [2.75, 3.05) is 6.54 Å². The summed E-state index contributed by atoms with van der Waals surface area (Å²) in [5, 5.41) is 3.48. The van der Waals surface area contributed by atoms with Crippen molar-refractivity contribution in [3.63, 3.8) is 0 Å². The minimum absolute atomic E-state index is 0.542. The molecule has 0 atom stereocenters. The van der Waals surface area contributed by atoms with Crippen LogP contribution in [-0.2, 0) is 19.6 Å². The summed E-state index contributed by atoms with van der Waals surface area (Å²) in [5.74, 6) is 0. The molecule has 2 rings (SSSR count). The standard InChI is InChI=1S/C18H26N2S/c1-4-20(13-16-8-6-5-7-9-16)14-18-11-10-17(21-18)12-19-15(2)3/h5-11,15,19H,4,12-14H2,1-3H3. The van der Waals surface area contributed by atoms with E-state index in [2.05, 4.69) is 73.5 Å².